The number of hydrogen-bond donors (Lipinski definition) is 2. The van der Waals surface area contributed by atoms with Crippen molar-refractivity contribution in [1.82, 2.24) is 5.48 Å². The molecule has 0 aromatic heterocycles. The van der Waals surface area contributed by atoms with Crippen molar-refractivity contribution in [3.63, 3.8) is 0 Å². The van der Waals surface area contributed by atoms with Crippen LogP contribution in [0.2, 0.25) is 0 Å². The van der Waals surface area contributed by atoms with Crippen molar-refractivity contribution >= 4 is 21.5 Å². The van der Waals surface area contributed by atoms with Crippen molar-refractivity contribution in [2.24, 2.45) is 0 Å². The number of aryl methyl sites for hydroxylation is 1. The van der Waals surface area contributed by atoms with E-state index in [0.29, 0.717) is 24.8 Å². The van der Waals surface area contributed by atoms with Gasteiger partial charge in [0.2, 0.25) is 0 Å². The van der Waals surface area contributed by atoms with Crippen LogP contribution in [-0.2, 0) is 25.8 Å². The molecule has 30 heavy (non-hydrogen) atoms. The summed E-state index contributed by atoms with van der Waals surface area (Å²) in [5, 5.41) is 9.10. The Bertz CT molecular complexity index is 980. The van der Waals surface area contributed by atoms with Crippen molar-refractivity contribution in [2.75, 3.05) is 13.2 Å². The van der Waals surface area contributed by atoms with Gasteiger partial charge in [-0.15, -0.1) is 0 Å². The van der Waals surface area contributed by atoms with Crippen molar-refractivity contribution < 1.29 is 28.0 Å². The lowest BCUT2D eigenvalue weighted by Gasteiger charge is -2.34. The highest BCUT2D eigenvalue weighted by Crippen LogP contribution is 2.35. The molecule has 0 aliphatic carbocycles. The summed E-state index contributed by atoms with van der Waals surface area (Å²) in [4.78, 5) is 24.5. The van der Waals surface area contributed by atoms with Crippen molar-refractivity contribution in [2.45, 2.75) is 41.7 Å². The lowest BCUT2D eigenvalue weighted by molar-refractivity contribution is -0.134. The van der Waals surface area contributed by atoms with Gasteiger partial charge in [-0.05, 0) is 43.4 Å². The molecule has 1 saturated heterocycles. The molecule has 1 heterocycles. The SMILES string of the molecule is O=C(CCCc1ccc(S(=O)(=O)C2(C(=O)NO)CCOCC2)cc1)c1ccccc1. The molecule has 0 radical (unpaired) electrons. The van der Waals surface area contributed by atoms with Crippen LogP contribution in [0.5, 0.6) is 0 Å². The van der Waals surface area contributed by atoms with Crippen molar-refractivity contribution in [3.05, 3.63) is 65.7 Å². The molecule has 0 saturated carbocycles. The van der Waals surface area contributed by atoms with E-state index < -0.39 is 20.5 Å². The summed E-state index contributed by atoms with van der Waals surface area (Å²) in [6.07, 6.45) is 1.64. The second kappa shape index (κ2) is 9.51. The number of carbonyl (C=O) groups excluding carboxylic acids is 2. The molecule has 0 atom stereocenters. The first-order valence-corrected chi connectivity index (χ1v) is 11.3. The van der Waals surface area contributed by atoms with E-state index in [1.54, 1.807) is 24.3 Å². The Balaban J connectivity index is 1.68. The van der Waals surface area contributed by atoms with Gasteiger partial charge < -0.3 is 4.74 Å². The smallest absolute Gasteiger partial charge is 0.265 e. The molecule has 0 bridgehead atoms. The Morgan fingerprint density at radius 2 is 1.63 bits per heavy atom. The molecular weight excluding hydrogens is 406 g/mol. The zero-order valence-electron chi connectivity index (χ0n) is 16.5. The Morgan fingerprint density at radius 3 is 2.23 bits per heavy atom. The number of carbonyl (C=O) groups is 2. The molecule has 0 spiro atoms. The van der Waals surface area contributed by atoms with E-state index in [2.05, 4.69) is 0 Å². The van der Waals surface area contributed by atoms with Gasteiger partial charge in [0.25, 0.3) is 5.91 Å². The van der Waals surface area contributed by atoms with Gasteiger partial charge in [0.1, 0.15) is 0 Å². The second-order valence-corrected chi connectivity index (χ2v) is 9.60. The molecule has 1 amide bonds. The van der Waals surface area contributed by atoms with E-state index in [1.807, 2.05) is 18.2 Å². The molecule has 160 valence electrons. The molecular formula is C22H25NO6S. The number of hydrogen-bond acceptors (Lipinski definition) is 6. The van der Waals surface area contributed by atoms with E-state index in [0.717, 1.165) is 5.56 Å². The summed E-state index contributed by atoms with van der Waals surface area (Å²) in [5.41, 5.74) is 3.10. The fraction of sp³-hybridized carbons (Fsp3) is 0.364. The van der Waals surface area contributed by atoms with Crippen LogP contribution >= 0.6 is 0 Å². The van der Waals surface area contributed by atoms with Crippen LogP contribution in [0.1, 0.15) is 41.6 Å². The zero-order valence-corrected chi connectivity index (χ0v) is 17.4. The fourth-order valence-corrected chi connectivity index (χ4v) is 5.64. The number of amides is 1. The number of benzene rings is 2. The Kier molecular flexibility index (Phi) is 7.02. The van der Waals surface area contributed by atoms with Crippen LogP contribution in [0, 0.1) is 0 Å². The van der Waals surface area contributed by atoms with Crippen molar-refractivity contribution in [1.29, 1.82) is 0 Å². The molecule has 2 N–H and O–H groups in total. The van der Waals surface area contributed by atoms with Gasteiger partial charge >= 0.3 is 0 Å². The van der Waals surface area contributed by atoms with E-state index in [1.165, 1.54) is 17.6 Å². The number of hydroxylamine groups is 1. The first-order valence-electron chi connectivity index (χ1n) is 9.85. The minimum absolute atomic E-state index is 0.0227. The van der Waals surface area contributed by atoms with E-state index in [4.69, 9.17) is 9.94 Å². The van der Waals surface area contributed by atoms with Crippen LogP contribution < -0.4 is 5.48 Å². The normalized spacial score (nSPS) is 16.0. The quantitative estimate of drug-likeness (QED) is 0.378. The summed E-state index contributed by atoms with van der Waals surface area (Å²) in [5.74, 6) is -0.861. The van der Waals surface area contributed by atoms with Gasteiger partial charge in [0.15, 0.2) is 20.4 Å². The number of ketones is 1. The standard InChI is InChI=1S/C22H25NO6S/c24-20(18-6-2-1-3-7-18)8-4-5-17-9-11-19(12-10-17)30(27,28)22(21(25)23-26)13-15-29-16-14-22/h1-3,6-7,9-12,26H,4-5,8,13-16H2,(H,23,25). The van der Waals surface area contributed by atoms with Gasteiger partial charge in [-0.3, -0.25) is 14.8 Å². The Labute approximate surface area is 175 Å². The van der Waals surface area contributed by atoms with Crippen molar-refractivity contribution in [3.8, 4) is 0 Å². The lowest BCUT2D eigenvalue weighted by atomic mass is 9.98. The molecule has 2 aromatic carbocycles. The topological polar surface area (TPSA) is 110 Å². The van der Waals surface area contributed by atoms with Gasteiger partial charge in [-0.1, -0.05) is 42.5 Å². The maximum absolute atomic E-state index is 13.2. The molecule has 1 aliphatic rings. The second-order valence-electron chi connectivity index (χ2n) is 7.34. The maximum atomic E-state index is 13.2. The Morgan fingerprint density at radius 1 is 1.00 bits per heavy atom. The molecule has 8 heteroatoms. The third-order valence-electron chi connectivity index (χ3n) is 5.53. The largest absolute Gasteiger partial charge is 0.381 e. The summed E-state index contributed by atoms with van der Waals surface area (Å²) >= 11 is 0. The van der Waals surface area contributed by atoms with E-state index in [-0.39, 0.29) is 36.7 Å². The molecule has 1 fully saturated rings. The van der Waals surface area contributed by atoms with Gasteiger partial charge in [0.05, 0.1) is 4.90 Å². The first kappa shape index (κ1) is 22.1. The maximum Gasteiger partial charge on any atom is 0.265 e. The van der Waals surface area contributed by atoms with Gasteiger partial charge in [0, 0.05) is 25.2 Å². The number of Topliss-reactive ketones (excluding diaryl/α,β-unsaturated/α-hetero) is 1. The average molecular weight is 432 g/mol. The molecule has 3 rings (SSSR count). The summed E-state index contributed by atoms with van der Waals surface area (Å²) in [7, 11) is -4.03. The monoisotopic (exact) mass is 431 g/mol. The average Bonchev–Trinajstić information content (AvgIpc) is 2.79. The summed E-state index contributed by atoms with van der Waals surface area (Å²) < 4.78 is 29.9. The van der Waals surface area contributed by atoms with Crippen LogP contribution in [0.25, 0.3) is 0 Å². The first-order chi connectivity index (χ1) is 14.4. The van der Waals surface area contributed by atoms with Gasteiger partial charge in [-0.25, -0.2) is 13.9 Å². The van der Waals surface area contributed by atoms with Crippen LogP contribution in [-0.4, -0.2) is 43.3 Å². The highest BCUT2D eigenvalue weighted by Gasteiger charge is 2.52. The van der Waals surface area contributed by atoms with Gasteiger partial charge in [-0.2, -0.15) is 0 Å². The number of ether oxygens (including phenoxy) is 1. The lowest BCUT2D eigenvalue weighted by Crippen LogP contribution is -2.54. The van der Waals surface area contributed by atoms with Crippen LogP contribution in [0.3, 0.4) is 0 Å². The molecule has 2 aromatic rings. The predicted molar refractivity (Wildman–Crippen MR) is 110 cm³/mol. The molecule has 1 aliphatic heterocycles. The number of rotatable bonds is 8. The highest BCUT2D eigenvalue weighted by atomic mass is 32.2. The van der Waals surface area contributed by atoms with E-state index in [9.17, 15) is 18.0 Å². The summed E-state index contributed by atoms with van der Waals surface area (Å²) in [6, 6.07) is 15.4. The Hall–Kier alpha value is -2.55. The zero-order chi connectivity index (χ0) is 21.6. The third kappa shape index (κ3) is 4.45. The third-order valence-corrected chi connectivity index (χ3v) is 8.04. The van der Waals surface area contributed by atoms with Crippen LogP contribution in [0.4, 0.5) is 0 Å². The molecule has 7 nitrogen and oxygen atoms in total. The predicted octanol–water partition coefficient (Wildman–Crippen LogP) is 2.72. The summed E-state index contributed by atoms with van der Waals surface area (Å²) in [6.45, 7) is 0.250. The van der Waals surface area contributed by atoms with Crippen LogP contribution in [0.15, 0.2) is 59.5 Å². The fourth-order valence-electron chi connectivity index (χ4n) is 3.70. The molecule has 0 unspecified atom stereocenters. The number of nitrogens with one attached hydrogen (secondary N) is 1. The number of sulfone groups is 1. The highest BCUT2D eigenvalue weighted by molar-refractivity contribution is 7.93. The minimum atomic E-state index is -4.03. The van der Waals surface area contributed by atoms with E-state index >= 15 is 0 Å². The minimum Gasteiger partial charge on any atom is -0.381 e.